The molecule has 3 amide bonds. The van der Waals surface area contributed by atoms with Gasteiger partial charge < -0.3 is 5.32 Å². The molecule has 0 unspecified atom stereocenters. The van der Waals surface area contributed by atoms with Gasteiger partial charge in [0.2, 0.25) is 5.91 Å². The summed E-state index contributed by atoms with van der Waals surface area (Å²) in [6.45, 7) is 0.195. The van der Waals surface area contributed by atoms with Crippen LogP contribution in [0.15, 0.2) is 42.5 Å². The fourth-order valence-electron chi connectivity index (χ4n) is 5.01. The summed E-state index contributed by atoms with van der Waals surface area (Å²) < 4.78 is 26.0. The molecule has 2 saturated heterocycles. The molecule has 2 spiro atoms. The number of halogens is 2. The zero-order valence-corrected chi connectivity index (χ0v) is 16.0. The molecule has 0 radical (unpaired) electrons. The summed E-state index contributed by atoms with van der Waals surface area (Å²) >= 11 is 0.746. The third-order valence-corrected chi connectivity index (χ3v) is 7.48. The van der Waals surface area contributed by atoms with Crippen molar-refractivity contribution >= 4 is 34.5 Å². The maximum absolute atomic E-state index is 14.0. The van der Waals surface area contributed by atoms with E-state index in [9.17, 15) is 23.2 Å². The summed E-state index contributed by atoms with van der Waals surface area (Å²) in [6, 6.07) is 10.4. The first-order valence-corrected chi connectivity index (χ1v) is 9.75. The first-order valence-electron chi connectivity index (χ1n) is 8.94. The molecule has 148 valence electrons. The predicted octanol–water partition coefficient (Wildman–Crippen LogP) is 2.56. The minimum absolute atomic E-state index is 0.195. The first-order chi connectivity index (χ1) is 13.8. The molecule has 0 bridgehead atoms. The van der Waals surface area contributed by atoms with Crippen LogP contribution in [0.2, 0.25) is 0 Å². The number of nitrogens with one attached hydrogen (secondary N) is 2. The summed E-state index contributed by atoms with van der Waals surface area (Å²) in [5.41, 5.74) is 0.0135. The normalized spacial score (nSPS) is 30.9. The average Bonchev–Trinajstić information content (AvgIpc) is 3.24. The Morgan fingerprint density at radius 3 is 2.48 bits per heavy atom. The lowest BCUT2D eigenvalue weighted by Crippen LogP contribution is -2.61. The van der Waals surface area contributed by atoms with E-state index in [4.69, 9.17) is 0 Å². The molecule has 6 nitrogen and oxygen atoms in total. The molecule has 2 aromatic carbocycles. The largest absolute Gasteiger partial charge is 0.324 e. The highest BCUT2D eigenvalue weighted by Gasteiger charge is 2.77. The lowest BCUT2D eigenvalue weighted by Gasteiger charge is -2.41. The number of hydrogen-bond donors (Lipinski definition) is 2. The zero-order valence-electron chi connectivity index (χ0n) is 15.2. The zero-order chi connectivity index (χ0) is 20.6. The van der Waals surface area contributed by atoms with E-state index in [-0.39, 0.29) is 6.54 Å². The lowest BCUT2D eigenvalue weighted by molar-refractivity contribution is -0.133. The quantitative estimate of drug-likeness (QED) is 0.749. The van der Waals surface area contributed by atoms with Crippen LogP contribution in [0, 0.1) is 11.6 Å². The number of thioether (sulfide) groups is 1. The van der Waals surface area contributed by atoms with Crippen molar-refractivity contribution in [1.82, 2.24) is 10.2 Å². The lowest BCUT2D eigenvalue weighted by atomic mass is 9.72. The van der Waals surface area contributed by atoms with Crippen LogP contribution in [0.4, 0.5) is 19.3 Å². The highest BCUT2D eigenvalue weighted by molar-refractivity contribution is 8.16. The average molecular weight is 415 g/mol. The van der Waals surface area contributed by atoms with E-state index in [1.165, 1.54) is 6.07 Å². The smallest absolute Gasteiger partial charge is 0.286 e. The van der Waals surface area contributed by atoms with Crippen molar-refractivity contribution in [3.8, 4) is 0 Å². The van der Waals surface area contributed by atoms with Gasteiger partial charge in [-0.2, -0.15) is 0 Å². The minimum Gasteiger partial charge on any atom is -0.324 e. The fourth-order valence-corrected chi connectivity index (χ4v) is 6.44. The van der Waals surface area contributed by atoms with E-state index in [1.54, 1.807) is 36.2 Å². The van der Waals surface area contributed by atoms with Crippen LogP contribution in [0.25, 0.3) is 0 Å². The molecule has 9 heteroatoms. The number of hydrogen-bond acceptors (Lipinski definition) is 5. The van der Waals surface area contributed by atoms with Crippen LogP contribution >= 0.6 is 11.8 Å². The molecule has 0 saturated carbocycles. The molecule has 2 N–H and O–H groups in total. The van der Waals surface area contributed by atoms with Crippen LogP contribution in [0.5, 0.6) is 0 Å². The topological polar surface area (TPSA) is 78.5 Å². The van der Waals surface area contributed by atoms with Gasteiger partial charge in [-0.25, -0.2) is 8.78 Å². The minimum atomic E-state index is -1.57. The summed E-state index contributed by atoms with van der Waals surface area (Å²) in [6.07, 6.45) is 0. The predicted molar refractivity (Wildman–Crippen MR) is 102 cm³/mol. The number of likely N-dealkylation sites (N-methyl/N-ethyl adjacent to an activating group) is 1. The second-order valence-electron chi connectivity index (χ2n) is 7.40. The van der Waals surface area contributed by atoms with Gasteiger partial charge in [-0.1, -0.05) is 24.3 Å². The summed E-state index contributed by atoms with van der Waals surface area (Å²) in [5.74, 6) is -3.82. The monoisotopic (exact) mass is 415 g/mol. The highest BCUT2D eigenvalue weighted by atomic mass is 32.2. The molecule has 3 aliphatic heterocycles. The van der Waals surface area contributed by atoms with E-state index in [2.05, 4.69) is 10.6 Å². The molecule has 3 aliphatic rings. The molecule has 0 aliphatic carbocycles. The number of amides is 3. The Morgan fingerprint density at radius 2 is 1.79 bits per heavy atom. The van der Waals surface area contributed by atoms with Gasteiger partial charge in [0.25, 0.3) is 11.1 Å². The highest BCUT2D eigenvalue weighted by Crippen LogP contribution is 2.64. The summed E-state index contributed by atoms with van der Waals surface area (Å²) in [5, 5.41) is 4.55. The van der Waals surface area contributed by atoms with Crippen molar-refractivity contribution in [2.45, 2.75) is 16.2 Å². The number of para-hydroxylation sites is 1. The van der Waals surface area contributed by atoms with Gasteiger partial charge in [0.1, 0.15) is 4.75 Å². The Hall–Kier alpha value is -2.78. The van der Waals surface area contributed by atoms with Gasteiger partial charge in [-0.3, -0.25) is 24.6 Å². The van der Waals surface area contributed by atoms with Gasteiger partial charge in [0, 0.05) is 23.7 Å². The Kier molecular flexibility index (Phi) is 3.69. The second kappa shape index (κ2) is 5.87. The Morgan fingerprint density at radius 1 is 1.03 bits per heavy atom. The third kappa shape index (κ3) is 2.06. The van der Waals surface area contributed by atoms with Crippen LogP contribution in [0.1, 0.15) is 17.0 Å². The molecule has 0 aromatic heterocycles. The van der Waals surface area contributed by atoms with Gasteiger partial charge in [-0.15, -0.1) is 0 Å². The molecular weight excluding hydrogens is 400 g/mol. The van der Waals surface area contributed by atoms with Crippen molar-refractivity contribution in [1.29, 1.82) is 0 Å². The third-order valence-electron chi connectivity index (χ3n) is 6.10. The van der Waals surface area contributed by atoms with E-state index in [0.29, 0.717) is 16.8 Å². The maximum atomic E-state index is 14.0. The Bertz CT molecular complexity index is 1110. The van der Waals surface area contributed by atoms with Gasteiger partial charge in [0.15, 0.2) is 17.2 Å². The fraction of sp³-hybridized carbons (Fsp3) is 0.250. The number of nitrogens with zero attached hydrogens (tertiary/aromatic N) is 1. The van der Waals surface area contributed by atoms with Crippen molar-refractivity contribution < 1.29 is 23.2 Å². The second-order valence-corrected chi connectivity index (χ2v) is 8.61. The van der Waals surface area contributed by atoms with Crippen molar-refractivity contribution in [3.63, 3.8) is 0 Å². The molecule has 2 fully saturated rings. The number of fused-ring (bicyclic) bond motifs is 3. The van der Waals surface area contributed by atoms with Gasteiger partial charge >= 0.3 is 0 Å². The number of rotatable bonds is 1. The molecule has 3 atom stereocenters. The van der Waals surface area contributed by atoms with Gasteiger partial charge in [-0.05, 0) is 42.6 Å². The number of imide groups is 1. The number of carbonyl (C=O) groups is 3. The summed E-state index contributed by atoms with van der Waals surface area (Å²) in [4.78, 5) is 40.7. The van der Waals surface area contributed by atoms with Crippen LogP contribution < -0.4 is 10.6 Å². The molecule has 3 heterocycles. The van der Waals surface area contributed by atoms with Crippen molar-refractivity contribution in [2.75, 3.05) is 18.9 Å². The van der Waals surface area contributed by atoms with E-state index < -0.39 is 44.9 Å². The first kappa shape index (κ1) is 18.3. The van der Waals surface area contributed by atoms with Crippen molar-refractivity contribution in [2.24, 2.45) is 0 Å². The van der Waals surface area contributed by atoms with E-state index in [0.717, 1.165) is 23.9 Å². The molecular formula is C20H15F2N3O3S. The van der Waals surface area contributed by atoms with E-state index in [1.807, 2.05) is 0 Å². The van der Waals surface area contributed by atoms with E-state index >= 15 is 0 Å². The van der Waals surface area contributed by atoms with Crippen LogP contribution in [0.3, 0.4) is 0 Å². The maximum Gasteiger partial charge on any atom is 0.286 e. The Labute approximate surface area is 168 Å². The number of carbonyl (C=O) groups excluding carboxylic acids is 3. The number of likely N-dealkylation sites (tertiary alicyclic amines) is 1. The Balaban J connectivity index is 1.81. The molecule has 2 aromatic rings. The molecule has 5 rings (SSSR count). The van der Waals surface area contributed by atoms with Crippen LogP contribution in [-0.2, 0) is 15.1 Å². The SMILES string of the molecule is CN1C[C@H](c2ccc(F)c(F)c2)[C@]2(SC(=O)NC2=O)[C@]12C(=O)Nc1ccccc12. The standard InChI is InChI=1S/C20H15F2N3O3S/c1-25-9-12(10-6-7-13(21)14(22)8-10)20(17(27)24-18(28)29-20)19(25)11-4-2-3-5-15(11)23-16(19)26/h2-8,12H,9H2,1H3,(H,23,26)(H,24,27,28)/t12-,19+,20-/m1/s1. The number of anilines is 1. The number of benzene rings is 2. The molecule has 29 heavy (non-hydrogen) atoms. The summed E-state index contributed by atoms with van der Waals surface area (Å²) in [7, 11) is 1.69. The van der Waals surface area contributed by atoms with Gasteiger partial charge in [0.05, 0.1) is 0 Å². The van der Waals surface area contributed by atoms with Crippen LogP contribution in [-0.4, -0.2) is 40.3 Å². The van der Waals surface area contributed by atoms with Crippen molar-refractivity contribution in [3.05, 3.63) is 65.2 Å².